The molecule has 0 fully saturated rings. The van der Waals surface area contributed by atoms with Gasteiger partial charge in [0.25, 0.3) is 0 Å². The summed E-state index contributed by atoms with van der Waals surface area (Å²) in [5.74, 6) is 0. The van der Waals surface area contributed by atoms with Gasteiger partial charge in [-0.15, -0.1) is 0 Å². The second-order valence-electron chi connectivity index (χ2n) is 5.25. The number of hydrogen-bond donors (Lipinski definition) is 0. The van der Waals surface area contributed by atoms with Gasteiger partial charge in [0.15, 0.2) is 0 Å². The van der Waals surface area contributed by atoms with E-state index in [4.69, 9.17) is 0 Å². The zero-order valence-corrected chi connectivity index (χ0v) is 24.6. The van der Waals surface area contributed by atoms with Gasteiger partial charge >= 0.3 is 203 Å². The summed E-state index contributed by atoms with van der Waals surface area (Å²) in [6.45, 7) is 0. The molecule has 0 N–H and O–H groups in total. The van der Waals surface area contributed by atoms with Crippen LogP contribution in [0, 0.1) is 0 Å². The molecule has 8 radical (unpaired) electrons. The van der Waals surface area contributed by atoms with Crippen molar-refractivity contribution in [2.24, 2.45) is 0 Å². The van der Waals surface area contributed by atoms with Crippen LogP contribution in [-0.2, 0) is 0 Å². The molecule has 0 aromatic heterocycles. The molecule has 4 aromatic carbocycles. The summed E-state index contributed by atoms with van der Waals surface area (Å²) < 4.78 is 4.79. The third-order valence-electron chi connectivity index (χ3n) is 2.97. The third-order valence-corrected chi connectivity index (χ3v) is 5.26. The molecule has 0 saturated carbocycles. The molecular formula is C24H20GeSe4. The van der Waals surface area contributed by atoms with Crippen LogP contribution in [0.1, 0.15) is 0 Å². The van der Waals surface area contributed by atoms with Crippen LogP contribution in [-0.4, -0.2) is 81.6 Å². The Morgan fingerprint density at radius 3 is 0.483 bits per heavy atom. The molecule has 5 heteroatoms. The molecule has 0 saturated heterocycles. The Morgan fingerprint density at radius 2 is 0.414 bits per heavy atom. The zero-order valence-electron chi connectivity index (χ0n) is 15.7. The van der Waals surface area contributed by atoms with Gasteiger partial charge in [-0.05, 0) is 0 Å². The van der Waals surface area contributed by atoms with Crippen LogP contribution in [0.15, 0.2) is 121 Å². The normalized spacial score (nSPS) is 8.28. The molecule has 0 heterocycles. The Morgan fingerprint density at radius 1 is 0.276 bits per heavy atom. The molecule has 0 aliphatic heterocycles. The first-order chi connectivity index (χ1) is 13.6. The van der Waals surface area contributed by atoms with Crippen molar-refractivity contribution in [3.05, 3.63) is 121 Å². The van der Waals surface area contributed by atoms with Gasteiger partial charge in [0, 0.05) is 17.6 Å². The SMILES string of the molecule is [Ge].[Se]c1ccccc1.[Se]c1ccccc1.[Se]c1ccccc1.[Se]c1ccccc1. The van der Waals surface area contributed by atoms with Crippen molar-refractivity contribution >= 4 is 99.5 Å². The molecule has 0 atom stereocenters. The molecule has 0 amide bonds. The maximum atomic E-state index is 2.90. The number of rotatable bonds is 0. The van der Waals surface area contributed by atoms with E-state index in [1.807, 2.05) is 121 Å². The van der Waals surface area contributed by atoms with E-state index in [-0.39, 0.29) is 17.6 Å². The Kier molecular flexibility index (Phi) is 19.1. The van der Waals surface area contributed by atoms with Gasteiger partial charge in [-0.1, -0.05) is 0 Å². The van der Waals surface area contributed by atoms with Crippen molar-refractivity contribution in [1.29, 1.82) is 0 Å². The molecule has 0 aliphatic rings. The summed E-state index contributed by atoms with van der Waals surface area (Å²) in [5, 5.41) is 0. The van der Waals surface area contributed by atoms with Crippen molar-refractivity contribution in [2.45, 2.75) is 0 Å². The first-order valence-electron chi connectivity index (χ1n) is 8.46. The fourth-order valence-corrected chi connectivity index (χ4v) is 3.00. The van der Waals surface area contributed by atoms with Crippen LogP contribution >= 0.6 is 0 Å². The second kappa shape index (κ2) is 19.5. The van der Waals surface area contributed by atoms with E-state index in [9.17, 15) is 0 Å². The van der Waals surface area contributed by atoms with Gasteiger partial charge < -0.3 is 0 Å². The predicted molar refractivity (Wildman–Crippen MR) is 133 cm³/mol. The molecule has 0 aliphatic carbocycles. The quantitative estimate of drug-likeness (QED) is 0.245. The first kappa shape index (κ1) is 28.5. The van der Waals surface area contributed by atoms with E-state index in [0.717, 1.165) is 0 Å². The van der Waals surface area contributed by atoms with Gasteiger partial charge in [-0.25, -0.2) is 0 Å². The molecule has 29 heavy (non-hydrogen) atoms. The van der Waals surface area contributed by atoms with E-state index in [2.05, 4.69) is 64.1 Å². The Bertz CT molecular complexity index is 693. The molecule has 0 spiro atoms. The second-order valence-corrected chi connectivity index (χ2v) is 9.21. The predicted octanol–water partition coefficient (Wildman–Crippen LogP) is 1.54. The minimum atomic E-state index is 0. The fourth-order valence-electron chi connectivity index (χ4n) is 1.68. The molecule has 0 unspecified atom stereocenters. The summed E-state index contributed by atoms with van der Waals surface area (Å²) in [6.07, 6.45) is 0. The average molecular weight is 697 g/mol. The van der Waals surface area contributed by atoms with Crippen molar-refractivity contribution in [3.8, 4) is 0 Å². The molecule has 0 nitrogen and oxygen atoms in total. The number of benzene rings is 4. The topological polar surface area (TPSA) is 0 Å². The van der Waals surface area contributed by atoms with Crippen LogP contribution in [0.25, 0.3) is 0 Å². The first-order valence-corrected chi connectivity index (χ1v) is 11.9. The standard InChI is InChI=1S/4C6H5Se.Ge/c4*7-6-4-2-1-3-5-6;/h4*1-5H;. The Hall–Kier alpha value is -0.499. The van der Waals surface area contributed by atoms with Crippen molar-refractivity contribution < 1.29 is 0 Å². The van der Waals surface area contributed by atoms with Gasteiger partial charge in [-0.2, -0.15) is 0 Å². The van der Waals surface area contributed by atoms with E-state index in [1.54, 1.807) is 0 Å². The van der Waals surface area contributed by atoms with Gasteiger partial charge in [0.2, 0.25) is 0 Å². The third kappa shape index (κ3) is 18.0. The molecule has 0 bridgehead atoms. The Balaban J connectivity index is 0.000000356. The van der Waals surface area contributed by atoms with Crippen LogP contribution in [0.2, 0.25) is 0 Å². The van der Waals surface area contributed by atoms with Gasteiger partial charge in [0.05, 0.1) is 0 Å². The van der Waals surface area contributed by atoms with E-state index >= 15 is 0 Å². The fraction of sp³-hybridized carbons (Fsp3) is 0. The number of hydrogen-bond acceptors (Lipinski definition) is 0. The Labute approximate surface area is 218 Å². The van der Waals surface area contributed by atoms with Crippen LogP contribution < -0.4 is 17.8 Å². The van der Waals surface area contributed by atoms with Gasteiger partial charge in [-0.3, -0.25) is 0 Å². The summed E-state index contributed by atoms with van der Waals surface area (Å²) in [5.41, 5.74) is 0. The average Bonchev–Trinajstić information content (AvgIpc) is 2.72. The molecule has 4 aromatic rings. The van der Waals surface area contributed by atoms with Gasteiger partial charge in [0.1, 0.15) is 0 Å². The van der Waals surface area contributed by atoms with E-state index in [1.165, 1.54) is 17.8 Å². The van der Waals surface area contributed by atoms with Crippen molar-refractivity contribution in [2.75, 3.05) is 0 Å². The maximum absolute atomic E-state index is 2.90. The summed E-state index contributed by atoms with van der Waals surface area (Å²) >= 11 is 11.6. The van der Waals surface area contributed by atoms with E-state index in [0.29, 0.717) is 0 Å². The van der Waals surface area contributed by atoms with Crippen LogP contribution in [0.5, 0.6) is 0 Å². The van der Waals surface area contributed by atoms with Crippen LogP contribution in [0.4, 0.5) is 0 Å². The monoisotopic (exact) mass is 702 g/mol. The minimum absolute atomic E-state index is 0. The molecular weight excluding hydrogens is 677 g/mol. The zero-order chi connectivity index (χ0) is 20.5. The summed E-state index contributed by atoms with van der Waals surface area (Å²) in [4.78, 5) is 0. The summed E-state index contributed by atoms with van der Waals surface area (Å²) in [6, 6.07) is 40.3. The van der Waals surface area contributed by atoms with Crippen molar-refractivity contribution in [3.63, 3.8) is 0 Å². The molecule has 144 valence electrons. The summed E-state index contributed by atoms with van der Waals surface area (Å²) in [7, 11) is 0. The van der Waals surface area contributed by atoms with Crippen molar-refractivity contribution in [1.82, 2.24) is 0 Å². The van der Waals surface area contributed by atoms with E-state index < -0.39 is 0 Å². The molecule has 4 rings (SSSR count). The van der Waals surface area contributed by atoms with Crippen LogP contribution in [0.3, 0.4) is 0 Å².